The maximum absolute atomic E-state index is 6.03. The first-order chi connectivity index (χ1) is 10.2. The lowest BCUT2D eigenvalue weighted by Gasteiger charge is -2.28. The molecule has 3 nitrogen and oxygen atoms in total. The van der Waals surface area contributed by atoms with Crippen LogP contribution in [0.1, 0.15) is 29.2 Å². The standard InChI is InChI=1S/C18H22N2O/c1-12-10-20-13(2)9-17(12)16-6-4-5-15-14(11-19-3)7-8-21-18(15)16/h4-6,9-10,14,19H,7-8,11H2,1-3H3/t14-/m1/s1. The van der Waals surface area contributed by atoms with E-state index in [4.69, 9.17) is 4.74 Å². The van der Waals surface area contributed by atoms with Crippen molar-refractivity contribution >= 4 is 0 Å². The Morgan fingerprint density at radius 3 is 2.95 bits per heavy atom. The zero-order valence-corrected chi connectivity index (χ0v) is 12.9. The average Bonchev–Trinajstić information content (AvgIpc) is 2.50. The number of hydrogen-bond donors (Lipinski definition) is 1. The molecule has 2 aromatic rings. The first-order valence-corrected chi connectivity index (χ1v) is 7.54. The number of para-hydroxylation sites is 1. The fourth-order valence-corrected chi connectivity index (χ4v) is 3.09. The number of aromatic nitrogens is 1. The smallest absolute Gasteiger partial charge is 0.130 e. The molecule has 3 heteroatoms. The predicted molar refractivity (Wildman–Crippen MR) is 85.9 cm³/mol. The molecule has 21 heavy (non-hydrogen) atoms. The van der Waals surface area contributed by atoms with Crippen LogP contribution in [0.4, 0.5) is 0 Å². The van der Waals surface area contributed by atoms with Crippen molar-refractivity contribution in [3.8, 4) is 16.9 Å². The van der Waals surface area contributed by atoms with Gasteiger partial charge in [0.15, 0.2) is 0 Å². The highest BCUT2D eigenvalue weighted by atomic mass is 16.5. The van der Waals surface area contributed by atoms with Gasteiger partial charge >= 0.3 is 0 Å². The van der Waals surface area contributed by atoms with Gasteiger partial charge in [0.25, 0.3) is 0 Å². The summed E-state index contributed by atoms with van der Waals surface area (Å²) in [5.74, 6) is 1.58. The number of ether oxygens (including phenoxy) is 1. The topological polar surface area (TPSA) is 34.1 Å². The molecule has 0 saturated heterocycles. The van der Waals surface area contributed by atoms with Crippen LogP contribution in [0.3, 0.4) is 0 Å². The Balaban J connectivity index is 2.12. The van der Waals surface area contributed by atoms with Gasteiger partial charge in [-0.2, -0.15) is 0 Å². The third kappa shape index (κ3) is 2.66. The number of likely N-dealkylation sites (N-methyl/N-ethyl adjacent to an activating group) is 1. The summed E-state index contributed by atoms with van der Waals surface area (Å²) in [6, 6.07) is 8.64. The van der Waals surface area contributed by atoms with Gasteiger partial charge in [0.1, 0.15) is 5.75 Å². The van der Waals surface area contributed by atoms with Crippen molar-refractivity contribution in [3.63, 3.8) is 0 Å². The number of nitrogens with zero attached hydrogens (tertiary/aromatic N) is 1. The van der Waals surface area contributed by atoms with Crippen LogP contribution < -0.4 is 10.1 Å². The SMILES string of the molecule is CNC[C@H]1CCOc2c(-c3cc(C)ncc3C)cccc21. The van der Waals surface area contributed by atoms with Gasteiger partial charge < -0.3 is 10.1 Å². The second-order valence-corrected chi connectivity index (χ2v) is 5.76. The van der Waals surface area contributed by atoms with Crippen LogP contribution in [0.25, 0.3) is 11.1 Å². The first-order valence-electron chi connectivity index (χ1n) is 7.54. The molecule has 0 spiro atoms. The zero-order chi connectivity index (χ0) is 14.8. The first kappa shape index (κ1) is 14.1. The molecule has 1 N–H and O–H groups in total. The maximum Gasteiger partial charge on any atom is 0.130 e. The molecule has 0 radical (unpaired) electrons. The predicted octanol–water partition coefficient (Wildman–Crippen LogP) is 3.45. The second-order valence-electron chi connectivity index (χ2n) is 5.76. The molecule has 1 atom stereocenters. The van der Waals surface area contributed by atoms with Crippen molar-refractivity contribution in [2.45, 2.75) is 26.2 Å². The minimum absolute atomic E-state index is 0.530. The molecule has 1 aromatic carbocycles. The third-order valence-electron chi connectivity index (χ3n) is 4.18. The molecular weight excluding hydrogens is 260 g/mol. The zero-order valence-electron chi connectivity index (χ0n) is 12.9. The van der Waals surface area contributed by atoms with Gasteiger partial charge in [0.05, 0.1) is 6.61 Å². The van der Waals surface area contributed by atoms with E-state index in [-0.39, 0.29) is 0 Å². The van der Waals surface area contributed by atoms with Crippen LogP contribution in [0, 0.1) is 13.8 Å². The Morgan fingerprint density at radius 1 is 1.29 bits per heavy atom. The summed E-state index contributed by atoms with van der Waals surface area (Å²) in [7, 11) is 2.01. The van der Waals surface area contributed by atoms with Crippen LogP contribution in [0.15, 0.2) is 30.5 Å². The molecule has 2 heterocycles. The average molecular weight is 282 g/mol. The van der Waals surface area contributed by atoms with E-state index in [1.54, 1.807) is 0 Å². The molecule has 1 aliphatic heterocycles. The summed E-state index contributed by atoms with van der Waals surface area (Å²) in [6.45, 7) is 5.92. The monoisotopic (exact) mass is 282 g/mol. The number of rotatable bonds is 3. The Hall–Kier alpha value is -1.87. The summed E-state index contributed by atoms with van der Waals surface area (Å²) >= 11 is 0. The normalized spacial score (nSPS) is 17.2. The van der Waals surface area contributed by atoms with Crippen molar-refractivity contribution in [1.29, 1.82) is 0 Å². The Morgan fingerprint density at radius 2 is 2.14 bits per heavy atom. The highest BCUT2D eigenvalue weighted by molar-refractivity contribution is 5.75. The molecule has 3 rings (SSSR count). The van der Waals surface area contributed by atoms with Crippen molar-refractivity contribution in [1.82, 2.24) is 10.3 Å². The Bertz CT molecular complexity index is 652. The number of benzene rings is 1. The molecule has 0 aliphatic carbocycles. The van der Waals surface area contributed by atoms with E-state index in [1.807, 2.05) is 20.2 Å². The molecule has 110 valence electrons. The van der Waals surface area contributed by atoms with Gasteiger partial charge in [-0.25, -0.2) is 0 Å². The minimum atomic E-state index is 0.530. The Labute approximate surface area is 126 Å². The molecule has 1 aliphatic rings. The van der Waals surface area contributed by atoms with Crippen molar-refractivity contribution in [2.24, 2.45) is 0 Å². The maximum atomic E-state index is 6.03. The van der Waals surface area contributed by atoms with E-state index in [2.05, 4.69) is 41.5 Å². The van der Waals surface area contributed by atoms with Crippen LogP contribution in [0.5, 0.6) is 5.75 Å². The van der Waals surface area contributed by atoms with Crippen molar-refractivity contribution < 1.29 is 4.74 Å². The van der Waals surface area contributed by atoms with Crippen LogP contribution in [0.2, 0.25) is 0 Å². The van der Waals surface area contributed by atoms with Crippen molar-refractivity contribution in [2.75, 3.05) is 20.2 Å². The molecular formula is C18H22N2O. The second kappa shape index (κ2) is 5.86. The number of pyridine rings is 1. The van der Waals surface area contributed by atoms with Gasteiger partial charge in [0, 0.05) is 29.9 Å². The molecule has 0 fully saturated rings. The highest BCUT2D eigenvalue weighted by Crippen LogP contribution is 2.41. The number of fused-ring (bicyclic) bond motifs is 1. The molecule has 1 aromatic heterocycles. The summed E-state index contributed by atoms with van der Waals surface area (Å²) in [5, 5.41) is 3.29. The number of aryl methyl sites for hydroxylation is 2. The Kier molecular flexibility index (Phi) is 3.93. The van der Waals surface area contributed by atoms with E-state index in [0.717, 1.165) is 31.0 Å². The highest BCUT2D eigenvalue weighted by Gasteiger charge is 2.24. The van der Waals surface area contributed by atoms with E-state index in [1.165, 1.54) is 22.3 Å². The van der Waals surface area contributed by atoms with Crippen LogP contribution in [-0.2, 0) is 0 Å². The lowest BCUT2D eigenvalue weighted by Crippen LogP contribution is -2.23. The molecule has 0 unspecified atom stereocenters. The molecule has 0 bridgehead atoms. The summed E-state index contributed by atoms with van der Waals surface area (Å²) < 4.78 is 6.03. The lowest BCUT2D eigenvalue weighted by atomic mass is 9.89. The van der Waals surface area contributed by atoms with Gasteiger partial charge in [-0.3, -0.25) is 4.98 Å². The summed E-state index contributed by atoms with van der Waals surface area (Å²) in [4.78, 5) is 4.37. The van der Waals surface area contributed by atoms with Crippen LogP contribution in [-0.4, -0.2) is 25.2 Å². The van der Waals surface area contributed by atoms with Crippen molar-refractivity contribution in [3.05, 3.63) is 47.3 Å². The van der Waals surface area contributed by atoms with E-state index in [9.17, 15) is 0 Å². The van der Waals surface area contributed by atoms with Gasteiger partial charge in [-0.1, -0.05) is 18.2 Å². The van der Waals surface area contributed by atoms with E-state index < -0.39 is 0 Å². The van der Waals surface area contributed by atoms with Gasteiger partial charge in [0.2, 0.25) is 0 Å². The number of hydrogen-bond acceptors (Lipinski definition) is 3. The summed E-state index contributed by atoms with van der Waals surface area (Å²) in [6.07, 6.45) is 3.02. The van der Waals surface area contributed by atoms with E-state index >= 15 is 0 Å². The van der Waals surface area contributed by atoms with E-state index in [0.29, 0.717) is 5.92 Å². The minimum Gasteiger partial charge on any atom is -0.493 e. The fraction of sp³-hybridized carbons (Fsp3) is 0.389. The fourth-order valence-electron chi connectivity index (χ4n) is 3.09. The quantitative estimate of drug-likeness (QED) is 0.936. The lowest BCUT2D eigenvalue weighted by molar-refractivity contribution is 0.267. The summed E-state index contributed by atoms with van der Waals surface area (Å²) in [5.41, 5.74) is 5.96. The molecule has 0 saturated carbocycles. The van der Waals surface area contributed by atoms with Crippen LogP contribution >= 0.6 is 0 Å². The number of nitrogens with one attached hydrogen (secondary N) is 1. The third-order valence-corrected chi connectivity index (χ3v) is 4.18. The van der Waals surface area contributed by atoms with Gasteiger partial charge in [-0.05, 0) is 50.1 Å². The van der Waals surface area contributed by atoms with Gasteiger partial charge in [-0.15, -0.1) is 0 Å². The molecule has 0 amide bonds. The largest absolute Gasteiger partial charge is 0.493 e.